The Labute approximate surface area is 218 Å². The van der Waals surface area contributed by atoms with Gasteiger partial charge in [-0.05, 0) is 37.5 Å². The van der Waals surface area contributed by atoms with E-state index in [1.54, 1.807) is 55.5 Å². The molecule has 2 aromatic heterocycles. The van der Waals surface area contributed by atoms with Crippen molar-refractivity contribution in [2.75, 3.05) is 31.0 Å². The van der Waals surface area contributed by atoms with Gasteiger partial charge >= 0.3 is 0 Å². The van der Waals surface area contributed by atoms with E-state index in [1.165, 1.54) is 22.2 Å². The number of methoxy groups -OCH3 is 2. The van der Waals surface area contributed by atoms with E-state index in [2.05, 4.69) is 26.1 Å². The summed E-state index contributed by atoms with van der Waals surface area (Å²) in [6.07, 6.45) is 2.81. The number of thioether (sulfide) groups is 2. The van der Waals surface area contributed by atoms with E-state index in [-0.39, 0.29) is 17.3 Å². The molecule has 1 aromatic carbocycles. The number of hydrogen-bond donors (Lipinski definition) is 1. The maximum absolute atomic E-state index is 12.9. The van der Waals surface area contributed by atoms with Gasteiger partial charge in [0.1, 0.15) is 21.4 Å². The van der Waals surface area contributed by atoms with Crippen LogP contribution >= 0.6 is 34.9 Å². The van der Waals surface area contributed by atoms with Gasteiger partial charge in [-0.2, -0.15) is 0 Å². The van der Waals surface area contributed by atoms with Crippen LogP contribution in [0, 0.1) is 0 Å². The minimum absolute atomic E-state index is 0.126. The molecule has 1 aliphatic rings. The first-order chi connectivity index (χ1) is 16.9. The van der Waals surface area contributed by atoms with E-state index >= 15 is 0 Å². The Bertz CT molecular complexity index is 1220. The molecular weight excluding hydrogens is 502 g/mol. The molecule has 0 saturated carbocycles. The maximum Gasteiger partial charge on any atom is 0.234 e. The van der Waals surface area contributed by atoms with E-state index in [9.17, 15) is 4.79 Å². The molecule has 0 fully saturated rings. The zero-order valence-electron chi connectivity index (χ0n) is 20.7. The van der Waals surface area contributed by atoms with Gasteiger partial charge < -0.3 is 19.5 Å². The Morgan fingerprint density at radius 2 is 2.06 bits per heavy atom. The number of amides is 1. The van der Waals surface area contributed by atoms with E-state index in [0.29, 0.717) is 23.8 Å². The van der Waals surface area contributed by atoms with Crippen molar-refractivity contribution in [2.45, 2.75) is 62.4 Å². The fourth-order valence-electron chi connectivity index (χ4n) is 3.83. The summed E-state index contributed by atoms with van der Waals surface area (Å²) in [5.74, 6) is 2.27. The number of benzene rings is 1. The van der Waals surface area contributed by atoms with Gasteiger partial charge in [0.05, 0.1) is 37.9 Å². The van der Waals surface area contributed by atoms with E-state index in [1.807, 2.05) is 0 Å². The predicted octanol–water partition coefficient (Wildman–Crippen LogP) is 6.18. The van der Waals surface area contributed by atoms with Gasteiger partial charge in [-0.15, -0.1) is 11.3 Å². The van der Waals surface area contributed by atoms with Crippen LogP contribution in [0.2, 0.25) is 0 Å². The van der Waals surface area contributed by atoms with Crippen molar-refractivity contribution in [2.24, 2.45) is 0 Å². The number of thiophene rings is 1. The summed E-state index contributed by atoms with van der Waals surface area (Å²) >= 11 is 4.80. The molecule has 1 aliphatic heterocycles. The number of nitrogens with zero attached hydrogens (tertiary/aromatic N) is 2. The smallest absolute Gasteiger partial charge is 0.234 e. The first kappa shape index (κ1) is 26.1. The third kappa shape index (κ3) is 5.87. The topological polar surface area (TPSA) is 82.6 Å². The van der Waals surface area contributed by atoms with Crippen LogP contribution in [0.5, 0.6) is 11.5 Å². The number of aromatic nitrogens is 2. The van der Waals surface area contributed by atoms with Crippen LogP contribution in [0.15, 0.2) is 28.4 Å². The van der Waals surface area contributed by atoms with Crippen molar-refractivity contribution in [3.05, 3.63) is 28.6 Å². The molecule has 0 saturated heterocycles. The molecule has 0 bridgehead atoms. The van der Waals surface area contributed by atoms with Crippen molar-refractivity contribution in [3.8, 4) is 11.5 Å². The minimum Gasteiger partial charge on any atom is -0.497 e. The Balaban J connectivity index is 1.60. The standard InChI is InChI=1S/C25H31N3O4S3/c1-6-10-33-24-27-22(21-16-12-25(3,7-2)32-13-19(16)35-23(21)28-24)34-14-20(29)26-17-9-8-15(30-4)11-18(17)31-5/h8-9,11H,6-7,10,12-14H2,1-5H3,(H,26,29)/t25-/m1/s1. The number of rotatable bonds is 10. The third-order valence-corrected chi connectivity index (χ3v) is 9.12. The zero-order valence-corrected chi connectivity index (χ0v) is 23.2. The van der Waals surface area contributed by atoms with Gasteiger partial charge in [0, 0.05) is 28.5 Å². The molecule has 4 rings (SSSR count). The van der Waals surface area contributed by atoms with Gasteiger partial charge in [-0.25, -0.2) is 9.97 Å². The lowest BCUT2D eigenvalue weighted by Crippen LogP contribution is -2.33. The monoisotopic (exact) mass is 533 g/mol. The molecule has 0 unspecified atom stereocenters. The average Bonchev–Trinajstić information content (AvgIpc) is 3.23. The molecule has 1 atom stereocenters. The molecule has 0 spiro atoms. The maximum atomic E-state index is 12.9. The van der Waals surface area contributed by atoms with Crippen molar-refractivity contribution < 1.29 is 19.0 Å². The highest BCUT2D eigenvalue weighted by Gasteiger charge is 2.33. The molecule has 0 aliphatic carbocycles. The second-order valence-corrected chi connectivity index (χ2v) is 11.6. The quantitative estimate of drug-likeness (QED) is 0.188. The fourth-order valence-corrected chi connectivity index (χ4v) is 6.67. The van der Waals surface area contributed by atoms with Gasteiger partial charge in [-0.3, -0.25) is 4.79 Å². The number of nitrogens with one attached hydrogen (secondary N) is 1. The number of ether oxygens (including phenoxy) is 3. The van der Waals surface area contributed by atoms with Crippen molar-refractivity contribution in [1.29, 1.82) is 0 Å². The second-order valence-electron chi connectivity index (χ2n) is 8.52. The molecule has 3 aromatic rings. The van der Waals surface area contributed by atoms with Crippen molar-refractivity contribution >= 4 is 56.7 Å². The van der Waals surface area contributed by atoms with Gasteiger partial charge in [0.25, 0.3) is 0 Å². The minimum atomic E-state index is -0.194. The first-order valence-corrected chi connectivity index (χ1v) is 14.4. The lowest BCUT2D eigenvalue weighted by Gasteiger charge is -2.33. The summed E-state index contributed by atoms with van der Waals surface area (Å²) < 4.78 is 16.8. The molecule has 35 heavy (non-hydrogen) atoms. The summed E-state index contributed by atoms with van der Waals surface area (Å²) in [5.41, 5.74) is 1.68. The number of fused-ring (bicyclic) bond motifs is 3. The summed E-state index contributed by atoms with van der Waals surface area (Å²) in [6, 6.07) is 5.32. The Morgan fingerprint density at radius 3 is 2.77 bits per heavy atom. The largest absolute Gasteiger partial charge is 0.497 e. The molecular formula is C25H31N3O4S3. The van der Waals surface area contributed by atoms with Crippen LogP contribution in [0.3, 0.4) is 0 Å². The van der Waals surface area contributed by atoms with Crippen molar-refractivity contribution in [3.63, 3.8) is 0 Å². The van der Waals surface area contributed by atoms with E-state index in [0.717, 1.165) is 45.4 Å². The molecule has 1 N–H and O–H groups in total. The van der Waals surface area contributed by atoms with Crippen LogP contribution in [0.1, 0.15) is 44.1 Å². The highest BCUT2D eigenvalue weighted by molar-refractivity contribution is 8.00. The zero-order chi connectivity index (χ0) is 25.0. The summed E-state index contributed by atoms with van der Waals surface area (Å²) in [4.78, 5) is 24.8. The molecule has 188 valence electrons. The highest BCUT2D eigenvalue weighted by atomic mass is 32.2. The first-order valence-electron chi connectivity index (χ1n) is 11.6. The average molecular weight is 534 g/mol. The summed E-state index contributed by atoms with van der Waals surface area (Å²) in [6.45, 7) is 7.06. The van der Waals surface area contributed by atoms with E-state index in [4.69, 9.17) is 24.2 Å². The Morgan fingerprint density at radius 1 is 1.23 bits per heavy atom. The normalized spacial score (nSPS) is 17.3. The fraction of sp³-hybridized carbons (Fsp3) is 0.480. The Kier molecular flexibility index (Phi) is 8.46. The second kappa shape index (κ2) is 11.4. The van der Waals surface area contributed by atoms with Crippen LogP contribution in [0.25, 0.3) is 10.2 Å². The van der Waals surface area contributed by atoms with Gasteiger partial charge in [0.15, 0.2) is 5.16 Å². The van der Waals surface area contributed by atoms with Crippen molar-refractivity contribution in [1.82, 2.24) is 9.97 Å². The van der Waals surface area contributed by atoms with Crippen LogP contribution < -0.4 is 14.8 Å². The van der Waals surface area contributed by atoms with Crippen LogP contribution in [0.4, 0.5) is 5.69 Å². The lowest BCUT2D eigenvalue weighted by molar-refractivity contribution is -0.113. The van der Waals surface area contributed by atoms with E-state index < -0.39 is 0 Å². The predicted molar refractivity (Wildman–Crippen MR) is 145 cm³/mol. The molecule has 1 amide bonds. The summed E-state index contributed by atoms with van der Waals surface area (Å²) in [7, 11) is 3.16. The third-order valence-electron chi connectivity index (χ3n) is 5.99. The molecule has 3 heterocycles. The number of carbonyl (C=O) groups is 1. The molecule has 0 radical (unpaired) electrons. The number of carbonyl (C=O) groups excluding carboxylic acids is 1. The summed E-state index contributed by atoms with van der Waals surface area (Å²) in [5, 5.41) is 5.65. The molecule has 10 heteroatoms. The highest BCUT2D eigenvalue weighted by Crippen LogP contribution is 2.43. The van der Waals surface area contributed by atoms with Gasteiger partial charge in [-0.1, -0.05) is 37.4 Å². The van der Waals surface area contributed by atoms with Crippen LogP contribution in [-0.4, -0.2) is 47.2 Å². The SMILES string of the molecule is CCCSc1nc(SCC(=O)Nc2ccc(OC)cc2OC)c2c3c(sc2n1)CO[C@](C)(CC)C3. The molecule has 7 nitrogen and oxygen atoms in total. The lowest BCUT2D eigenvalue weighted by atomic mass is 9.90. The Hall–Kier alpha value is -2.01. The van der Waals surface area contributed by atoms with Crippen LogP contribution in [-0.2, 0) is 22.6 Å². The number of anilines is 1. The van der Waals surface area contributed by atoms with Gasteiger partial charge in [0.2, 0.25) is 5.91 Å². The number of hydrogen-bond acceptors (Lipinski definition) is 9.